The van der Waals surface area contributed by atoms with Gasteiger partial charge in [0.2, 0.25) is 0 Å². The minimum absolute atomic E-state index is 0.771. The van der Waals surface area contributed by atoms with Crippen molar-refractivity contribution in [3.05, 3.63) is 36.3 Å². The van der Waals surface area contributed by atoms with Crippen molar-refractivity contribution >= 4 is 5.69 Å². The fraction of sp³-hybridized carbons (Fsp3) is 0.182. The summed E-state index contributed by atoms with van der Waals surface area (Å²) in [6.07, 6.45) is 2.67. The van der Waals surface area contributed by atoms with Gasteiger partial charge in [-0.05, 0) is 18.6 Å². The maximum atomic E-state index is 5.72. The van der Waals surface area contributed by atoms with Gasteiger partial charge in [-0.3, -0.25) is 0 Å². The third-order valence-corrected chi connectivity index (χ3v) is 2.23. The lowest BCUT2D eigenvalue weighted by atomic mass is 10.1. The summed E-state index contributed by atoms with van der Waals surface area (Å²) in [5, 5.41) is 0. The second kappa shape index (κ2) is 3.54. The monoisotopic (exact) mass is 187 g/mol. The van der Waals surface area contributed by atoms with Gasteiger partial charge in [0, 0.05) is 16.9 Å². The first-order valence-corrected chi connectivity index (χ1v) is 4.69. The molecule has 72 valence electrons. The number of nitrogen functional groups attached to an aromatic ring is 1. The summed E-state index contributed by atoms with van der Waals surface area (Å²) in [5.41, 5.74) is 9.71. The number of nitrogens with two attached hydrogens (primary N) is 1. The second-order valence-corrected chi connectivity index (χ2v) is 3.21. The first-order chi connectivity index (χ1) is 6.81. The van der Waals surface area contributed by atoms with Crippen LogP contribution < -0.4 is 5.73 Å². The number of nitrogens with zero attached hydrogens (tertiary/aromatic N) is 1. The highest BCUT2D eigenvalue weighted by Crippen LogP contribution is 2.22. The number of benzene rings is 1. The van der Waals surface area contributed by atoms with E-state index in [1.807, 2.05) is 24.3 Å². The summed E-state index contributed by atoms with van der Waals surface area (Å²) < 4.78 is 0. The van der Waals surface area contributed by atoms with Crippen LogP contribution in [-0.4, -0.2) is 9.97 Å². The lowest BCUT2D eigenvalue weighted by molar-refractivity contribution is 1.07. The normalized spacial score (nSPS) is 10.4. The lowest BCUT2D eigenvalue weighted by Crippen LogP contribution is -1.88. The van der Waals surface area contributed by atoms with Crippen molar-refractivity contribution in [3.8, 4) is 11.3 Å². The predicted molar refractivity (Wildman–Crippen MR) is 57.8 cm³/mol. The van der Waals surface area contributed by atoms with E-state index in [1.54, 1.807) is 6.33 Å². The average molecular weight is 187 g/mol. The Morgan fingerprint density at radius 2 is 2.29 bits per heavy atom. The molecule has 0 radical (unpaired) electrons. The van der Waals surface area contributed by atoms with Crippen LogP contribution >= 0.6 is 0 Å². The molecular weight excluding hydrogens is 174 g/mol. The van der Waals surface area contributed by atoms with E-state index >= 15 is 0 Å². The van der Waals surface area contributed by atoms with Gasteiger partial charge in [-0.25, -0.2) is 4.98 Å². The van der Waals surface area contributed by atoms with E-state index in [1.165, 1.54) is 0 Å². The molecule has 2 aromatic rings. The van der Waals surface area contributed by atoms with Crippen LogP contribution in [0.25, 0.3) is 11.3 Å². The van der Waals surface area contributed by atoms with Crippen molar-refractivity contribution in [3.63, 3.8) is 0 Å². The number of aromatic nitrogens is 2. The molecule has 0 spiro atoms. The third kappa shape index (κ3) is 1.48. The van der Waals surface area contributed by atoms with Crippen LogP contribution in [0.15, 0.2) is 30.6 Å². The van der Waals surface area contributed by atoms with Crippen LogP contribution in [0, 0.1) is 0 Å². The van der Waals surface area contributed by atoms with Gasteiger partial charge in [0.25, 0.3) is 0 Å². The molecule has 1 aromatic carbocycles. The molecule has 3 heteroatoms. The van der Waals surface area contributed by atoms with E-state index in [-0.39, 0.29) is 0 Å². The van der Waals surface area contributed by atoms with Gasteiger partial charge in [0.1, 0.15) is 0 Å². The molecule has 14 heavy (non-hydrogen) atoms. The van der Waals surface area contributed by atoms with Crippen LogP contribution in [0.2, 0.25) is 0 Å². The van der Waals surface area contributed by atoms with Gasteiger partial charge in [0.05, 0.1) is 12.0 Å². The van der Waals surface area contributed by atoms with Crippen molar-refractivity contribution in [2.45, 2.75) is 13.3 Å². The van der Waals surface area contributed by atoms with Crippen LogP contribution in [0.5, 0.6) is 0 Å². The van der Waals surface area contributed by atoms with Crippen LogP contribution in [0.3, 0.4) is 0 Å². The van der Waals surface area contributed by atoms with E-state index in [0.717, 1.165) is 29.1 Å². The van der Waals surface area contributed by atoms with Crippen LogP contribution in [0.1, 0.15) is 12.6 Å². The minimum Gasteiger partial charge on any atom is -0.399 e. The van der Waals surface area contributed by atoms with Crippen LogP contribution in [-0.2, 0) is 6.42 Å². The molecular formula is C11H13N3. The Hall–Kier alpha value is -1.77. The molecule has 0 atom stereocenters. The van der Waals surface area contributed by atoms with Crippen molar-refractivity contribution < 1.29 is 0 Å². The zero-order valence-corrected chi connectivity index (χ0v) is 8.12. The van der Waals surface area contributed by atoms with Gasteiger partial charge in [-0.1, -0.05) is 19.1 Å². The molecule has 3 nitrogen and oxygen atoms in total. The molecule has 1 aromatic heterocycles. The van der Waals surface area contributed by atoms with E-state index in [2.05, 4.69) is 16.9 Å². The van der Waals surface area contributed by atoms with Gasteiger partial charge in [-0.15, -0.1) is 0 Å². The summed E-state index contributed by atoms with van der Waals surface area (Å²) in [6.45, 7) is 2.10. The second-order valence-electron chi connectivity index (χ2n) is 3.21. The fourth-order valence-corrected chi connectivity index (χ4v) is 1.53. The first-order valence-electron chi connectivity index (χ1n) is 4.69. The maximum Gasteiger partial charge on any atom is 0.0929 e. The molecule has 0 aliphatic rings. The highest BCUT2D eigenvalue weighted by Gasteiger charge is 2.05. The number of hydrogen-bond donors (Lipinski definition) is 2. The van der Waals surface area contributed by atoms with Gasteiger partial charge in [-0.2, -0.15) is 0 Å². The van der Waals surface area contributed by atoms with Crippen molar-refractivity contribution in [2.24, 2.45) is 0 Å². The van der Waals surface area contributed by atoms with Crippen molar-refractivity contribution in [1.29, 1.82) is 0 Å². The number of nitrogens with one attached hydrogen (secondary N) is 1. The smallest absolute Gasteiger partial charge is 0.0929 e. The lowest BCUT2D eigenvalue weighted by Gasteiger charge is -2.01. The van der Waals surface area contributed by atoms with Gasteiger partial charge in [0.15, 0.2) is 0 Å². The zero-order valence-electron chi connectivity index (χ0n) is 8.12. The molecule has 0 fully saturated rings. The Kier molecular flexibility index (Phi) is 2.23. The quantitative estimate of drug-likeness (QED) is 0.708. The first kappa shape index (κ1) is 8.81. The number of rotatable bonds is 2. The number of hydrogen-bond acceptors (Lipinski definition) is 2. The van der Waals surface area contributed by atoms with E-state index in [9.17, 15) is 0 Å². The molecule has 0 amide bonds. The predicted octanol–water partition coefficient (Wildman–Crippen LogP) is 2.22. The third-order valence-electron chi connectivity index (χ3n) is 2.23. The number of anilines is 1. The molecule has 0 aliphatic heterocycles. The molecule has 0 saturated heterocycles. The Morgan fingerprint density at radius 3 is 3.00 bits per heavy atom. The maximum absolute atomic E-state index is 5.72. The Morgan fingerprint density at radius 1 is 1.43 bits per heavy atom. The standard InChI is InChI=1S/C11H13N3/c1-2-10-11(14-7-13-10)8-4-3-5-9(12)6-8/h3-7H,2,12H2,1H3,(H,13,14). The SMILES string of the molecule is CCc1[nH]cnc1-c1cccc(N)c1. The number of imidazole rings is 1. The number of aromatic amines is 1. The summed E-state index contributed by atoms with van der Waals surface area (Å²) in [6, 6.07) is 7.78. The summed E-state index contributed by atoms with van der Waals surface area (Å²) in [5.74, 6) is 0. The van der Waals surface area contributed by atoms with Crippen molar-refractivity contribution in [1.82, 2.24) is 9.97 Å². The molecule has 2 rings (SSSR count). The molecule has 0 aliphatic carbocycles. The highest BCUT2D eigenvalue weighted by molar-refractivity contribution is 5.65. The summed E-state index contributed by atoms with van der Waals surface area (Å²) >= 11 is 0. The van der Waals surface area contributed by atoms with E-state index < -0.39 is 0 Å². The van der Waals surface area contributed by atoms with Gasteiger partial charge >= 0.3 is 0 Å². The Balaban J connectivity index is 2.49. The number of aryl methyl sites for hydroxylation is 1. The largest absolute Gasteiger partial charge is 0.399 e. The highest BCUT2D eigenvalue weighted by atomic mass is 14.9. The molecule has 1 heterocycles. The van der Waals surface area contributed by atoms with E-state index in [4.69, 9.17) is 5.73 Å². The topological polar surface area (TPSA) is 54.7 Å². The Bertz CT molecular complexity index is 432. The van der Waals surface area contributed by atoms with E-state index in [0.29, 0.717) is 0 Å². The molecule has 0 unspecified atom stereocenters. The molecule has 3 N–H and O–H groups in total. The molecule has 0 saturated carbocycles. The van der Waals surface area contributed by atoms with Crippen LogP contribution in [0.4, 0.5) is 5.69 Å². The summed E-state index contributed by atoms with van der Waals surface area (Å²) in [4.78, 5) is 7.41. The molecule has 0 bridgehead atoms. The minimum atomic E-state index is 0.771. The fourth-order valence-electron chi connectivity index (χ4n) is 1.53. The summed E-state index contributed by atoms with van der Waals surface area (Å²) in [7, 11) is 0. The number of H-pyrrole nitrogens is 1. The van der Waals surface area contributed by atoms with Crippen molar-refractivity contribution in [2.75, 3.05) is 5.73 Å². The average Bonchev–Trinajstić information content (AvgIpc) is 2.65. The van der Waals surface area contributed by atoms with Gasteiger partial charge < -0.3 is 10.7 Å². The zero-order chi connectivity index (χ0) is 9.97. The Labute approximate surface area is 83.0 Å².